The number of carbonyl (C=O) groups excluding carboxylic acids is 2. The average Bonchev–Trinajstić information content (AvgIpc) is 1.90. The minimum Gasteiger partial charge on any atom is -0.305 e. The van der Waals surface area contributed by atoms with Gasteiger partial charge in [0.25, 0.3) is 0 Å². The second-order valence-corrected chi connectivity index (χ2v) is 7.89. The number of rotatable bonds is 4. The van der Waals surface area contributed by atoms with E-state index in [2.05, 4.69) is 0 Å². The van der Waals surface area contributed by atoms with Crippen LogP contribution in [0, 0.1) is 0 Å². The van der Waals surface area contributed by atoms with E-state index in [9.17, 15) is 9.59 Å². The Morgan fingerprint density at radius 3 is 1.27 bits per heavy atom. The van der Waals surface area contributed by atoms with Crippen LogP contribution in [0.4, 0.5) is 0 Å². The van der Waals surface area contributed by atoms with Crippen LogP contribution in [-0.4, -0.2) is 18.9 Å². The minimum atomic E-state index is -2.18. The molecule has 0 heterocycles. The van der Waals surface area contributed by atoms with Crippen LogP contribution in [0.3, 0.4) is 0 Å². The first-order valence-corrected chi connectivity index (χ1v) is 6.44. The Kier molecular flexibility index (Phi) is 3.65. The van der Waals surface area contributed by atoms with E-state index in [1.165, 1.54) is 0 Å². The monoisotopic (exact) mass is 172 g/mol. The van der Waals surface area contributed by atoms with E-state index >= 15 is 0 Å². The van der Waals surface area contributed by atoms with Crippen LogP contribution in [0.15, 0.2) is 0 Å². The molecule has 0 atom stereocenters. The molecule has 0 aromatic rings. The van der Waals surface area contributed by atoms with Gasteiger partial charge in [0.15, 0.2) is 0 Å². The Morgan fingerprint density at radius 2 is 1.27 bits per heavy atom. The van der Waals surface area contributed by atoms with Crippen LogP contribution in [0.25, 0.3) is 0 Å². The van der Waals surface area contributed by atoms with Gasteiger partial charge in [-0.1, -0.05) is 13.8 Å². The zero-order valence-electron chi connectivity index (χ0n) is 7.73. The molecule has 0 aliphatic carbocycles. The van der Waals surface area contributed by atoms with E-state index in [1.54, 1.807) is 13.8 Å². The van der Waals surface area contributed by atoms with Gasteiger partial charge in [-0.2, -0.15) is 0 Å². The molecule has 0 N–H and O–H groups in total. The summed E-state index contributed by atoms with van der Waals surface area (Å²) in [5, 5.41) is 0.269. The van der Waals surface area contributed by atoms with Gasteiger partial charge in [-0.15, -0.1) is 0 Å². The highest BCUT2D eigenvalue weighted by molar-refractivity contribution is 7.24. The number of carbonyl (C=O) groups is 2. The second kappa shape index (κ2) is 3.81. The standard InChI is InChI=1S/C8H16O2Si/c1-5-11(6-2,7(3)9)8(4)10/h5-6H2,1-4H3. The van der Waals surface area contributed by atoms with Gasteiger partial charge in [-0.3, -0.25) is 0 Å². The maximum absolute atomic E-state index is 11.2. The van der Waals surface area contributed by atoms with Crippen LogP contribution in [-0.2, 0) is 9.59 Å². The Bertz CT molecular complexity index is 155. The van der Waals surface area contributed by atoms with Crippen LogP contribution >= 0.6 is 0 Å². The first-order valence-electron chi connectivity index (χ1n) is 4.03. The third-order valence-corrected chi connectivity index (χ3v) is 7.66. The zero-order valence-corrected chi connectivity index (χ0v) is 8.73. The molecular weight excluding hydrogens is 156 g/mol. The van der Waals surface area contributed by atoms with Crippen LogP contribution < -0.4 is 0 Å². The van der Waals surface area contributed by atoms with Gasteiger partial charge in [-0.25, -0.2) is 0 Å². The summed E-state index contributed by atoms with van der Waals surface area (Å²) in [7, 11) is -2.18. The van der Waals surface area contributed by atoms with Gasteiger partial charge in [0.1, 0.15) is 10.8 Å². The molecule has 3 heteroatoms. The molecule has 0 bridgehead atoms. The maximum Gasteiger partial charge on any atom is 0.206 e. The van der Waals surface area contributed by atoms with Crippen LogP contribution in [0.5, 0.6) is 0 Å². The molecule has 0 amide bonds. The lowest BCUT2D eigenvalue weighted by Crippen LogP contribution is -2.48. The quantitative estimate of drug-likeness (QED) is 0.605. The van der Waals surface area contributed by atoms with Crippen LogP contribution in [0.2, 0.25) is 12.1 Å². The summed E-state index contributed by atoms with van der Waals surface area (Å²) in [4.78, 5) is 22.4. The number of hydrogen-bond donors (Lipinski definition) is 0. The largest absolute Gasteiger partial charge is 0.305 e. The molecule has 0 fully saturated rings. The highest BCUT2D eigenvalue weighted by Crippen LogP contribution is 2.16. The fraction of sp³-hybridized carbons (Fsp3) is 0.750. The van der Waals surface area contributed by atoms with Crippen LogP contribution in [0.1, 0.15) is 27.7 Å². The molecule has 2 nitrogen and oxygen atoms in total. The summed E-state index contributed by atoms with van der Waals surface area (Å²) in [5.41, 5.74) is 0. The fourth-order valence-corrected chi connectivity index (χ4v) is 4.48. The summed E-state index contributed by atoms with van der Waals surface area (Å²) in [6.07, 6.45) is 0. The highest BCUT2D eigenvalue weighted by atomic mass is 28.3. The lowest BCUT2D eigenvalue weighted by Gasteiger charge is -2.21. The van der Waals surface area contributed by atoms with E-state index in [1.807, 2.05) is 13.8 Å². The molecule has 0 saturated heterocycles. The third kappa shape index (κ3) is 1.77. The Morgan fingerprint density at radius 1 is 1.00 bits per heavy atom. The molecule has 64 valence electrons. The van der Waals surface area contributed by atoms with Crippen molar-refractivity contribution >= 4 is 18.9 Å². The summed E-state index contributed by atoms with van der Waals surface area (Å²) >= 11 is 0. The Hall–Kier alpha value is -0.443. The van der Waals surface area contributed by atoms with Crippen molar-refractivity contribution in [3.63, 3.8) is 0 Å². The smallest absolute Gasteiger partial charge is 0.206 e. The molecule has 0 rings (SSSR count). The summed E-state index contributed by atoms with van der Waals surface area (Å²) in [5.74, 6) is 0. The molecule has 0 aliphatic heterocycles. The van der Waals surface area contributed by atoms with Crippen molar-refractivity contribution in [2.45, 2.75) is 39.8 Å². The second-order valence-electron chi connectivity index (χ2n) is 2.90. The fourth-order valence-electron chi connectivity index (χ4n) is 1.49. The van der Waals surface area contributed by atoms with Gasteiger partial charge >= 0.3 is 0 Å². The molecular formula is C8H16O2Si. The zero-order chi connectivity index (χ0) is 9.07. The molecule has 0 radical (unpaired) electrons. The van der Waals surface area contributed by atoms with E-state index in [4.69, 9.17) is 0 Å². The van der Waals surface area contributed by atoms with E-state index in [-0.39, 0.29) is 10.8 Å². The molecule has 11 heavy (non-hydrogen) atoms. The highest BCUT2D eigenvalue weighted by Gasteiger charge is 2.39. The average molecular weight is 172 g/mol. The van der Waals surface area contributed by atoms with E-state index < -0.39 is 8.07 Å². The van der Waals surface area contributed by atoms with E-state index in [0.717, 1.165) is 12.1 Å². The van der Waals surface area contributed by atoms with Crippen molar-refractivity contribution in [1.82, 2.24) is 0 Å². The molecule has 0 aliphatic rings. The van der Waals surface area contributed by atoms with Crippen molar-refractivity contribution in [1.29, 1.82) is 0 Å². The third-order valence-electron chi connectivity index (χ3n) is 2.55. The Balaban J connectivity index is 4.76. The van der Waals surface area contributed by atoms with Crippen molar-refractivity contribution < 1.29 is 9.59 Å². The summed E-state index contributed by atoms with van der Waals surface area (Å²) in [6, 6.07) is 1.52. The molecule has 0 aromatic heterocycles. The molecule has 0 saturated carbocycles. The molecule has 0 aromatic carbocycles. The molecule has 0 unspecified atom stereocenters. The van der Waals surface area contributed by atoms with Gasteiger partial charge in [0.05, 0.1) is 0 Å². The lowest BCUT2D eigenvalue weighted by molar-refractivity contribution is -0.114. The predicted molar refractivity (Wildman–Crippen MR) is 48.1 cm³/mol. The minimum absolute atomic E-state index is 0.134. The van der Waals surface area contributed by atoms with Crippen molar-refractivity contribution in [3.05, 3.63) is 0 Å². The van der Waals surface area contributed by atoms with Gasteiger partial charge < -0.3 is 9.59 Å². The molecule has 0 spiro atoms. The van der Waals surface area contributed by atoms with Crippen molar-refractivity contribution in [3.8, 4) is 0 Å². The first-order chi connectivity index (χ1) is 5.01. The Labute approximate surface area is 69.0 Å². The van der Waals surface area contributed by atoms with Gasteiger partial charge in [0.2, 0.25) is 8.07 Å². The van der Waals surface area contributed by atoms with Crippen molar-refractivity contribution in [2.75, 3.05) is 0 Å². The van der Waals surface area contributed by atoms with Crippen molar-refractivity contribution in [2.24, 2.45) is 0 Å². The van der Waals surface area contributed by atoms with Gasteiger partial charge in [-0.05, 0) is 25.9 Å². The first kappa shape index (κ1) is 10.6. The van der Waals surface area contributed by atoms with Gasteiger partial charge in [0, 0.05) is 0 Å². The lowest BCUT2D eigenvalue weighted by atomic mass is 10.9. The summed E-state index contributed by atoms with van der Waals surface area (Å²) in [6.45, 7) is 7.00. The maximum atomic E-state index is 11.2. The number of hydrogen-bond acceptors (Lipinski definition) is 2. The normalized spacial score (nSPS) is 11.3. The van der Waals surface area contributed by atoms with E-state index in [0.29, 0.717) is 0 Å². The SMILES string of the molecule is CC[Si](CC)(C(C)=O)C(C)=O. The topological polar surface area (TPSA) is 34.1 Å². The summed E-state index contributed by atoms with van der Waals surface area (Å²) < 4.78 is 0. The predicted octanol–water partition coefficient (Wildman–Crippen LogP) is 1.73.